The Morgan fingerprint density at radius 1 is 1.24 bits per heavy atom. The molecule has 3 heteroatoms. The number of urea groups is 1. The van der Waals surface area contributed by atoms with E-state index in [9.17, 15) is 4.79 Å². The zero-order valence-corrected chi connectivity index (χ0v) is 10.6. The predicted molar refractivity (Wildman–Crippen MR) is 70.2 cm³/mol. The number of anilines is 1. The number of rotatable bonds is 1. The molecule has 2 amide bonds. The fourth-order valence-electron chi connectivity index (χ4n) is 2.17. The van der Waals surface area contributed by atoms with Crippen LogP contribution in [-0.4, -0.2) is 31.1 Å². The van der Waals surface area contributed by atoms with Crippen molar-refractivity contribution in [2.45, 2.75) is 19.8 Å². The third-order valence-electron chi connectivity index (χ3n) is 3.48. The van der Waals surface area contributed by atoms with Crippen LogP contribution in [0.25, 0.3) is 0 Å². The summed E-state index contributed by atoms with van der Waals surface area (Å²) in [6, 6.07) is 9.91. The molecule has 1 aromatic rings. The highest BCUT2D eigenvalue weighted by molar-refractivity contribution is 5.91. The van der Waals surface area contributed by atoms with Gasteiger partial charge in [-0.3, -0.25) is 4.90 Å². The summed E-state index contributed by atoms with van der Waals surface area (Å²) in [4.78, 5) is 15.9. The molecule has 1 saturated heterocycles. The summed E-state index contributed by atoms with van der Waals surface area (Å²) >= 11 is 0. The second-order valence-corrected chi connectivity index (χ2v) is 4.85. The largest absolute Gasteiger partial charge is 0.324 e. The number of nitrogens with zero attached hydrogens (tertiary/aromatic N) is 2. The van der Waals surface area contributed by atoms with Crippen LogP contribution in [0.2, 0.25) is 0 Å². The molecule has 0 unspecified atom stereocenters. The Morgan fingerprint density at radius 2 is 1.82 bits per heavy atom. The molecule has 3 nitrogen and oxygen atoms in total. The molecule has 0 aromatic heterocycles. The van der Waals surface area contributed by atoms with E-state index in [1.807, 2.05) is 42.3 Å². The average Bonchev–Trinajstić information content (AvgIpc) is 2.39. The second kappa shape index (κ2) is 5.21. The van der Waals surface area contributed by atoms with E-state index < -0.39 is 0 Å². The Hall–Kier alpha value is -1.51. The minimum atomic E-state index is 0.114. The summed E-state index contributed by atoms with van der Waals surface area (Å²) in [5.74, 6) is 0.751. The molecule has 0 aliphatic carbocycles. The molecular formula is C14H20N2O. The van der Waals surface area contributed by atoms with E-state index in [1.165, 1.54) is 0 Å². The molecule has 92 valence electrons. The van der Waals surface area contributed by atoms with Gasteiger partial charge in [-0.25, -0.2) is 4.79 Å². The lowest BCUT2D eigenvalue weighted by Gasteiger charge is -2.33. The number of likely N-dealkylation sites (tertiary alicyclic amines) is 1. The Morgan fingerprint density at radius 3 is 2.41 bits per heavy atom. The molecule has 1 aliphatic heterocycles. The number of hydrogen-bond acceptors (Lipinski definition) is 1. The number of piperidine rings is 1. The van der Waals surface area contributed by atoms with Crippen molar-refractivity contribution in [3.8, 4) is 0 Å². The van der Waals surface area contributed by atoms with Crippen LogP contribution in [0.1, 0.15) is 19.8 Å². The lowest BCUT2D eigenvalue weighted by molar-refractivity contribution is 0.181. The zero-order valence-electron chi connectivity index (χ0n) is 10.6. The van der Waals surface area contributed by atoms with Gasteiger partial charge in [0, 0.05) is 25.8 Å². The predicted octanol–water partition coefficient (Wildman–Crippen LogP) is 2.97. The number of hydrogen-bond donors (Lipinski definition) is 0. The molecule has 0 bridgehead atoms. The van der Waals surface area contributed by atoms with Crippen LogP contribution in [0.5, 0.6) is 0 Å². The Balaban J connectivity index is 2.00. The van der Waals surface area contributed by atoms with Crippen molar-refractivity contribution in [3.63, 3.8) is 0 Å². The molecule has 1 aliphatic rings. The minimum Gasteiger partial charge on any atom is -0.324 e. The third-order valence-corrected chi connectivity index (χ3v) is 3.48. The summed E-state index contributed by atoms with van der Waals surface area (Å²) in [6.07, 6.45) is 2.24. The molecule has 2 rings (SSSR count). The van der Waals surface area contributed by atoms with Gasteiger partial charge < -0.3 is 4.90 Å². The van der Waals surface area contributed by atoms with Crippen molar-refractivity contribution in [1.82, 2.24) is 4.90 Å². The number of para-hydroxylation sites is 1. The summed E-state index contributed by atoms with van der Waals surface area (Å²) in [6.45, 7) is 4.02. The molecule has 17 heavy (non-hydrogen) atoms. The van der Waals surface area contributed by atoms with E-state index in [0.717, 1.165) is 37.5 Å². The van der Waals surface area contributed by atoms with Crippen molar-refractivity contribution < 1.29 is 4.79 Å². The van der Waals surface area contributed by atoms with Gasteiger partial charge in [0.1, 0.15) is 0 Å². The number of carbonyl (C=O) groups is 1. The molecule has 0 atom stereocenters. The first kappa shape index (κ1) is 12.0. The molecule has 0 N–H and O–H groups in total. The van der Waals surface area contributed by atoms with Crippen LogP contribution in [0.4, 0.5) is 10.5 Å². The van der Waals surface area contributed by atoms with Crippen molar-refractivity contribution >= 4 is 11.7 Å². The quantitative estimate of drug-likeness (QED) is 0.730. The van der Waals surface area contributed by atoms with Gasteiger partial charge in [-0.15, -0.1) is 0 Å². The fraction of sp³-hybridized carbons (Fsp3) is 0.500. The average molecular weight is 232 g/mol. The first-order chi connectivity index (χ1) is 8.18. The topological polar surface area (TPSA) is 23.6 Å². The molecule has 0 radical (unpaired) electrons. The highest BCUT2D eigenvalue weighted by Gasteiger charge is 2.23. The normalized spacial score (nSPS) is 16.9. The van der Waals surface area contributed by atoms with Gasteiger partial charge >= 0.3 is 6.03 Å². The smallest absolute Gasteiger partial charge is 0.324 e. The molecule has 1 fully saturated rings. The molecule has 0 saturated carbocycles. The van der Waals surface area contributed by atoms with Crippen molar-refractivity contribution in [2.24, 2.45) is 5.92 Å². The highest BCUT2D eigenvalue weighted by atomic mass is 16.2. The van der Waals surface area contributed by atoms with Gasteiger partial charge in [0.15, 0.2) is 0 Å². The lowest BCUT2D eigenvalue weighted by atomic mass is 10.00. The van der Waals surface area contributed by atoms with Crippen LogP contribution in [-0.2, 0) is 0 Å². The van der Waals surface area contributed by atoms with Gasteiger partial charge in [-0.2, -0.15) is 0 Å². The van der Waals surface area contributed by atoms with Gasteiger partial charge in [0.25, 0.3) is 0 Å². The molecular weight excluding hydrogens is 212 g/mol. The highest BCUT2D eigenvalue weighted by Crippen LogP contribution is 2.19. The summed E-state index contributed by atoms with van der Waals surface area (Å²) in [5, 5.41) is 0. The van der Waals surface area contributed by atoms with E-state index in [1.54, 1.807) is 4.90 Å². The monoisotopic (exact) mass is 232 g/mol. The zero-order chi connectivity index (χ0) is 12.3. The SMILES string of the molecule is CC1CCN(C(=O)N(C)c2ccccc2)CC1. The van der Waals surface area contributed by atoms with E-state index in [2.05, 4.69) is 6.92 Å². The van der Waals surface area contributed by atoms with E-state index in [0.29, 0.717) is 0 Å². The van der Waals surface area contributed by atoms with E-state index >= 15 is 0 Å². The summed E-state index contributed by atoms with van der Waals surface area (Å²) < 4.78 is 0. The lowest BCUT2D eigenvalue weighted by Crippen LogP contribution is -2.45. The van der Waals surface area contributed by atoms with Crippen LogP contribution in [0.3, 0.4) is 0 Å². The maximum Gasteiger partial charge on any atom is 0.324 e. The fourth-order valence-corrected chi connectivity index (χ4v) is 2.17. The van der Waals surface area contributed by atoms with Gasteiger partial charge in [0.05, 0.1) is 0 Å². The van der Waals surface area contributed by atoms with Crippen LogP contribution >= 0.6 is 0 Å². The summed E-state index contributed by atoms with van der Waals surface area (Å²) in [7, 11) is 1.84. The number of amides is 2. The van der Waals surface area contributed by atoms with Crippen molar-refractivity contribution in [1.29, 1.82) is 0 Å². The Kier molecular flexibility index (Phi) is 3.67. The maximum atomic E-state index is 12.3. The van der Waals surface area contributed by atoms with Crippen LogP contribution in [0, 0.1) is 5.92 Å². The molecule has 1 aromatic carbocycles. The van der Waals surface area contributed by atoms with Crippen molar-refractivity contribution in [2.75, 3.05) is 25.0 Å². The van der Waals surface area contributed by atoms with Crippen LogP contribution < -0.4 is 4.90 Å². The van der Waals surface area contributed by atoms with Gasteiger partial charge in [0.2, 0.25) is 0 Å². The summed E-state index contributed by atoms with van der Waals surface area (Å²) in [5.41, 5.74) is 0.955. The third kappa shape index (κ3) is 2.78. The maximum absolute atomic E-state index is 12.3. The molecule has 1 heterocycles. The molecule has 0 spiro atoms. The first-order valence-corrected chi connectivity index (χ1v) is 6.26. The van der Waals surface area contributed by atoms with Crippen LogP contribution in [0.15, 0.2) is 30.3 Å². The van der Waals surface area contributed by atoms with E-state index in [-0.39, 0.29) is 6.03 Å². The van der Waals surface area contributed by atoms with Gasteiger partial charge in [-0.05, 0) is 30.9 Å². The van der Waals surface area contributed by atoms with E-state index in [4.69, 9.17) is 0 Å². The minimum absolute atomic E-state index is 0.114. The Bertz CT molecular complexity index is 369. The Labute approximate surface area is 103 Å². The van der Waals surface area contributed by atoms with Crippen molar-refractivity contribution in [3.05, 3.63) is 30.3 Å². The number of carbonyl (C=O) groups excluding carboxylic acids is 1. The van der Waals surface area contributed by atoms with Gasteiger partial charge in [-0.1, -0.05) is 25.1 Å². The number of benzene rings is 1. The first-order valence-electron chi connectivity index (χ1n) is 6.26. The standard InChI is InChI=1S/C14H20N2O/c1-12-8-10-16(11-9-12)14(17)15(2)13-6-4-3-5-7-13/h3-7,12H,8-11H2,1-2H3. The second-order valence-electron chi connectivity index (χ2n) is 4.85.